The molecule has 0 radical (unpaired) electrons. The van der Waals surface area contributed by atoms with Crippen molar-refractivity contribution < 1.29 is 18.2 Å². The Morgan fingerprint density at radius 2 is 1.36 bits per heavy atom. The summed E-state index contributed by atoms with van der Waals surface area (Å²) < 4.78 is 29.9. The fraction of sp³-hybridized carbons (Fsp3) is 0.0400. The van der Waals surface area contributed by atoms with E-state index in [0.717, 1.165) is 5.56 Å². The van der Waals surface area contributed by atoms with Crippen LogP contribution in [-0.4, -0.2) is 17.8 Å². The number of likely N-dealkylation sites (N-methyl/N-ethyl adjacent to an activating group) is 1. The molecule has 0 spiro atoms. The molecule has 0 fully saturated rings. The van der Waals surface area contributed by atoms with E-state index in [-0.39, 0.29) is 0 Å². The fourth-order valence-electron chi connectivity index (χ4n) is 3.08. The van der Waals surface area contributed by atoms with Gasteiger partial charge in [0.1, 0.15) is 17.6 Å². The topological polar surface area (TPSA) is 84.2 Å². The highest BCUT2D eigenvalue weighted by atomic mass is 31.2. The van der Waals surface area contributed by atoms with Crippen molar-refractivity contribution in [3.05, 3.63) is 114 Å². The Bertz CT molecular complexity index is 1240. The lowest BCUT2D eigenvalue weighted by Crippen LogP contribution is -2.20. The summed E-state index contributed by atoms with van der Waals surface area (Å²) in [6.45, 7) is 0. The largest absolute Gasteiger partial charge is 0.668 e. The first-order valence-corrected chi connectivity index (χ1v) is 11.5. The van der Waals surface area contributed by atoms with E-state index in [9.17, 15) is 9.83 Å². The lowest BCUT2D eigenvalue weighted by Gasteiger charge is -2.19. The zero-order valence-electron chi connectivity index (χ0n) is 17.7. The van der Waals surface area contributed by atoms with Gasteiger partial charge in [-0.25, -0.2) is 0 Å². The van der Waals surface area contributed by atoms with Crippen LogP contribution in [0.4, 0.5) is 0 Å². The predicted molar refractivity (Wildman–Crippen MR) is 126 cm³/mol. The monoisotopic (exact) mass is 457 g/mol. The van der Waals surface area contributed by atoms with E-state index in [0.29, 0.717) is 28.6 Å². The Balaban J connectivity index is 1.60. The molecule has 8 heteroatoms. The Kier molecular flexibility index (Phi) is 6.58. The summed E-state index contributed by atoms with van der Waals surface area (Å²) in [6, 6.07) is 28.7. The van der Waals surface area contributed by atoms with Gasteiger partial charge in [-0.1, -0.05) is 71.9 Å². The van der Waals surface area contributed by atoms with Crippen molar-refractivity contribution in [2.45, 2.75) is 0 Å². The van der Waals surface area contributed by atoms with Crippen LogP contribution in [0.3, 0.4) is 0 Å². The first-order valence-electron chi connectivity index (χ1n) is 10.1. The number of nitriles is 1. The van der Waals surface area contributed by atoms with Crippen LogP contribution in [0, 0.1) is 11.3 Å². The first kappa shape index (κ1) is 21.9. The number of phosphoric ester groups is 1. The maximum absolute atomic E-state index is 13.4. The summed E-state index contributed by atoms with van der Waals surface area (Å²) in [5, 5.41) is 13.7. The summed E-state index contributed by atoms with van der Waals surface area (Å²) in [5.74, 6) is 0.953. The van der Waals surface area contributed by atoms with Crippen LogP contribution in [0.15, 0.2) is 114 Å². The fourth-order valence-corrected chi connectivity index (χ4v) is 4.13. The van der Waals surface area contributed by atoms with Gasteiger partial charge in [0, 0.05) is 7.05 Å². The summed E-state index contributed by atoms with van der Waals surface area (Å²) in [4.78, 5) is 1.67. The number of oxime groups is 1. The third-order valence-corrected chi connectivity index (χ3v) is 5.83. The molecule has 0 saturated heterocycles. The highest BCUT2D eigenvalue weighted by Crippen LogP contribution is 2.50. The van der Waals surface area contributed by atoms with E-state index < -0.39 is 7.82 Å². The molecule has 164 valence electrons. The number of hydrogen-bond acceptors (Lipinski definition) is 6. The molecule has 7 nitrogen and oxygen atoms in total. The Hall–Kier alpha value is -4.27. The highest BCUT2D eigenvalue weighted by Gasteiger charge is 2.34. The van der Waals surface area contributed by atoms with Gasteiger partial charge in [0.25, 0.3) is 0 Å². The van der Waals surface area contributed by atoms with E-state index in [1.54, 1.807) is 72.6 Å². The minimum Gasteiger partial charge on any atom is -0.385 e. The maximum Gasteiger partial charge on any atom is 0.668 e. The van der Waals surface area contributed by atoms with Crippen LogP contribution in [0.2, 0.25) is 0 Å². The van der Waals surface area contributed by atoms with Gasteiger partial charge in [0.05, 0.1) is 11.3 Å². The zero-order valence-corrected chi connectivity index (χ0v) is 18.6. The first-order chi connectivity index (χ1) is 16.1. The molecule has 4 rings (SSSR count). The van der Waals surface area contributed by atoms with Crippen LogP contribution in [0.5, 0.6) is 11.5 Å². The highest BCUT2D eigenvalue weighted by molar-refractivity contribution is 7.49. The van der Waals surface area contributed by atoms with E-state index in [2.05, 4.69) is 11.2 Å². The second-order valence-corrected chi connectivity index (χ2v) is 8.34. The van der Waals surface area contributed by atoms with Gasteiger partial charge < -0.3 is 13.9 Å². The van der Waals surface area contributed by atoms with Gasteiger partial charge >= 0.3 is 7.82 Å². The van der Waals surface area contributed by atoms with E-state index in [1.807, 2.05) is 42.5 Å². The summed E-state index contributed by atoms with van der Waals surface area (Å²) in [7, 11) is -2.44. The Labute approximate surface area is 192 Å². The minimum absolute atomic E-state index is 0.309. The van der Waals surface area contributed by atoms with E-state index in [1.165, 1.54) is 0 Å². The third-order valence-electron chi connectivity index (χ3n) is 4.68. The van der Waals surface area contributed by atoms with Crippen LogP contribution < -0.4 is 9.05 Å². The van der Waals surface area contributed by atoms with Gasteiger partial charge in [0.2, 0.25) is 0 Å². The number of para-hydroxylation sites is 2. The summed E-state index contributed by atoms with van der Waals surface area (Å²) >= 11 is 0. The number of nitrogens with zero attached hydrogens (tertiary/aromatic N) is 3. The molecule has 3 aromatic rings. The Morgan fingerprint density at radius 1 is 0.848 bits per heavy atom. The zero-order chi connectivity index (χ0) is 23.1. The molecule has 1 aliphatic heterocycles. The molecule has 0 N–H and O–H groups in total. The molecule has 0 atom stereocenters. The lowest BCUT2D eigenvalue weighted by atomic mass is 10.1. The van der Waals surface area contributed by atoms with E-state index in [4.69, 9.17) is 13.7 Å². The Morgan fingerprint density at radius 3 is 1.88 bits per heavy atom. The maximum atomic E-state index is 13.4. The quantitative estimate of drug-likeness (QED) is 0.245. The molecule has 0 bridgehead atoms. The molecular formula is C25H20N3O4P. The van der Waals surface area contributed by atoms with Crippen LogP contribution in [0.25, 0.3) is 5.57 Å². The van der Waals surface area contributed by atoms with Crippen LogP contribution >= 0.6 is 7.82 Å². The number of phosphoric acid groups is 1. The van der Waals surface area contributed by atoms with Crippen LogP contribution in [0.1, 0.15) is 5.56 Å². The standard InChI is InChI=1S/C25H20N3O4P/c1-28-24(23(19-26)20-11-5-2-6-12-20)17-18-25(28)27-32-33(29,30-21-13-7-3-8-14-21)31-22-15-9-4-10-16-22/h2-18H,1H3. The molecular weight excluding hydrogens is 437 g/mol. The molecule has 1 heterocycles. The predicted octanol–water partition coefficient (Wildman–Crippen LogP) is 6.02. The van der Waals surface area contributed by atoms with Crippen LogP contribution in [-0.2, 0) is 9.19 Å². The second kappa shape index (κ2) is 9.90. The van der Waals surface area contributed by atoms with Crippen molar-refractivity contribution >= 4 is 19.2 Å². The molecule has 0 unspecified atom stereocenters. The normalized spacial score (nSPS) is 15.8. The van der Waals surface area contributed by atoms with Crippen molar-refractivity contribution in [1.82, 2.24) is 4.90 Å². The van der Waals surface area contributed by atoms with Gasteiger partial charge in [-0.05, 0) is 42.0 Å². The smallest absolute Gasteiger partial charge is 0.385 e. The van der Waals surface area contributed by atoms with E-state index >= 15 is 0 Å². The molecule has 33 heavy (non-hydrogen) atoms. The summed E-state index contributed by atoms with van der Waals surface area (Å²) in [5.41, 5.74) is 1.89. The number of benzene rings is 3. The molecule has 0 saturated carbocycles. The SMILES string of the molecule is CN1C(=NOP(=O)(Oc2ccccc2)Oc2ccccc2)C=CC1=C(C#N)c1ccccc1. The summed E-state index contributed by atoms with van der Waals surface area (Å²) in [6.07, 6.45) is 3.40. The van der Waals surface area contributed by atoms with Gasteiger partial charge in [-0.15, -0.1) is 0 Å². The molecule has 0 amide bonds. The second-order valence-electron chi connectivity index (χ2n) is 6.92. The average molecular weight is 457 g/mol. The number of allylic oxidation sites excluding steroid dienone is 2. The average Bonchev–Trinajstić information content (AvgIpc) is 3.20. The lowest BCUT2D eigenvalue weighted by molar-refractivity contribution is 0.216. The number of hydrogen-bond donors (Lipinski definition) is 0. The molecule has 3 aromatic carbocycles. The van der Waals surface area contributed by atoms with Crippen molar-refractivity contribution in [1.29, 1.82) is 5.26 Å². The molecule has 0 aliphatic carbocycles. The number of rotatable bonds is 7. The molecule has 0 aromatic heterocycles. The van der Waals surface area contributed by atoms with Gasteiger partial charge in [-0.2, -0.15) is 9.83 Å². The molecule has 1 aliphatic rings. The van der Waals surface area contributed by atoms with Crippen molar-refractivity contribution in [3.63, 3.8) is 0 Å². The van der Waals surface area contributed by atoms with Crippen molar-refractivity contribution in [2.24, 2.45) is 5.16 Å². The minimum atomic E-state index is -4.18. The van der Waals surface area contributed by atoms with Gasteiger partial charge in [-0.3, -0.25) is 4.62 Å². The van der Waals surface area contributed by atoms with Crippen molar-refractivity contribution in [3.8, 4) is 17.6 Å². The number of amidine groups is 1. The van der Waals surface area contributed by atoms with Crippen molar-refractivity contribution in [2.75, 3.05) is 7.05 Å². The van der Waals surface area contributed by atoms with Gasteiger partial charge in [0.15, 0.2) is 5.84 Å². The third kappa shape index (κ3) is 5.32.